The summed E-state index contributed by atoms with van der Waals surface area (Å²) >= 11 is 0. The van der Waals surface area contributed by atoms with E-state index in [9.17, 15) is 13.6 Å². The van der Waals surface area contributed by atoms with Gasteiger partial charge in [-0.1, -0.05) is 0 Å². The number of benzene rings is 2. The minimum absolute atomic E-state index is 0.0776. The van der Waals surface area contributed by atoms with Crippen molar-refractivity contribution in [3.05, 3.63) is 47.5 Å². The van der Waals surface area contributed by atoms with Crippen molar-refractivity contribution < 1.29 is 23.0 Å². The summed E-state index contributed by atoms with van der Waals surface area (Å²) in [6, 6.07) is 6.03. The standard InChI is InChI=1S/C20H22F2N2O3/c1-4-26-19-8-13-7-11(2)27-18(13)10-17(19)23-12(3)20(25)24-16-6-5-14(21)9-15(16)22/h5-6,8-12,23H,4,7H2,1-3H3,(H,24,25)/t11-,12-/m0/s1. The van der Waals surface area contributed by atoms with E-state index in [2.05, 4.69) is 10.6 Å². The smallest absolute Gasteiger partial charge is 0.246 e. The van der Waals surface area contributed by atoms with E-state index in [0.717, 1.165) is 29.9 Å². The summed E-state index contributed by atoms with van der Waals surface area (Å²) < 4.78 is 38.2. The molecule has 1 aliphatic rings. The van der Waals surface area contributed by atoms with Crippen molar-refractivity contribution in [3.8, 4) is 11.5 Å². The Morgan fingerprint density at radius 2 is 2.07 bits per heavy atom. The maximum Gasteiger partial charge on any atom is 0.246 e. The molecule has 144 valence electrons. The molecule has 0 aromatic heterocycles. The van der Waals surface area contributed by atoms with E-state index in [1.807, 2.05) is 26.0 Å². The minimum atomic E-state index is -0.828. The lowest BCUT2D eigenvalue weighted by Gasteiger charge is -2.19. The first-order chi connectivity index (χ1) is 12.9. The van der Waals surface area contributed by atoms with E-state index in [-0.39, 0.29) is 11.8 Å². The van der Waals surface area contributed by atoms with E-state index in [1.165, 1.54) is 6.07 Å². The molecule has 2 aromatic rings. The Labute approximate surface area is 156 Å². The third-order valence-corrected chi connectivity index (χ3v) is 4.25. The Kier molecular flexibility index (Phi) is 5.48. The largest absolute Gasteiger partial charge is 0.492 e. The Balaban J connectivity index is 1.75. The van der Waals surface area contributed by atoms with Crippen LogP contribution in [-0.2, 0) is 11.2 Å². The molecule has 3 rings (SSSR count). The first-order valence-corrected chi connectivity index (χ1v) is 8.86. The summed E-state index contributed by atoms with van der Waals surface area (Å²) in [6.45, 7) is 5.98. The van der Waals surface area contributed by atoms with Crippen LogP contribution in [0.5, 0.6) is 11.5 Å². The Hall–Kier alpha value is -2.83. The molecular weight excluding hydrogens is 354 g/mol. The SMILES string of the molecule is CCOc1cc2c(cc1N[C@@H](C)C(=O)Nc1ccc(F)cc1F)O[C@@H](C)C2. The van der Waals surface area contributed by atoms with E-state index in [0.29, 0.717) is 18.0 Å². The van der Waals surface area contributed by atoms with Gasteiger partial charge in [-0.25, -0.2) is 8.78 Å². The number of hydrogen-bond acceptors (Lipinski definition) is 4. The first-order valence-electron chi connectivity index (χ1n) is 8.86. The second kappa shape index (κ2) is 7.82. The molecule has 5 nitrogen and oxygen atoms in total. The fraction of sp³-hybridized carbons (Fsp3) is 0.350. The molecule has 0 aliphatic carbocycles. The summed E-state index contributed by atoms with van der Waals surface area (Å²) in [4.78, 5) is 12.4. The fourth-order valence-corrected chi connectivity index (χ4v) is 2.96. The Morgan fingerprint density at radius 3 is 2.78 bits per heavy atom. The molecule has 0 fully saturated rings. The Bertz CT molecular complexity index is 857. The monoisotopic (exact) mass is 376 g/mol. The topological polar surface area (TPSA) is 59.6 Å². The van der Waals surface area contributed by atoms with Gasteiger partial charge < -0.3 is 20.1 Å². The molecule has 27 heavy (non-hydrogen) atoms. The summed E-state index contributed by atoms with van der Waals surface area (Å²) in [5.41, 5.74) is 1.60. The van der Waals surface area contributed by atoms with Gasteiger partial charge in [0.1, 0.15) is 35.3 Å². The number of rotatable bonds is 6. The third-order valence-electron chi connectivity index (χ3n) is 4.25. The molecule has 1 heterocycles. The maximum absolute atomic E-state index is 13.7. The van der Waals surface area contributed by atoms with Crippen LogP contribution >= 0.6 is 0 Å². The number of hydrogen-bond donors (Lipinski definition) is 2. The maximum atomic E-state index is 13.7. The number of halogens is 2. The van der Waals surface area contributed by atoms with Crippen LogP contribution in [0.25, 0.3) is 0 Å². The summed E-state index contributed by atoms with van der Waals surface area (Å²) in [7, 11) is 0. The number of nitrogens with one attached hydrogen (secondary N) is 2. The van der Waals surface area contributed by atoms with Gasteiger partial charge in [-0.3, -0.25) is 4.79 Å². The molecule has 0 saturated carbocycles. The minimum Gasteiger partial charge on any atom is -0.492 e. The predicted octanol–water partition coefficient (Wildman–Crippen LogP) is 4.13. The number of amides is 1. The van der Waals surface area contributed by atoms with Gasteiger partial charge in [-0.2, -0.15) is 0 Å². The zero-order valence-corrected chi connectivity index (χ0v) is 15.4. The number of ether oxygens (including phenoxy) is 2. The van der Waals surface area contributed by atoms with Crippen molar-refractivity contribution >= 4 is 17.3 Å². The average Bonchev–Trinajstić information content (AvgIpc) is 2.96. The first kappa shape index (κ1) is 18.9. The molecular formula is C20H22F2N2O3. The number of carbonyl (C=O) groups is 1. The third kappa shape index (κ3) is 4.30. The van der Waals surface area contributed by atoms with E-state index in [1.54, 1.807) is 6.92 Å². The van der Waals surface area contributed by atoms with Crippen molar-refractivity contribution in [3.63, 3.8) is 0 Å². The quantitative estimate of drug-likeness (QED) is 0.796. The van der Waals surface area contributed by atoms with Crippen molar-refractivity contribution in [1.29, 1.82) is 0 Å². The molecule has 1 aliphatic heterocycles. The van der Waals surface area contributed by atoms with Gasteiger partial charge in [0.15, 0.2) is 0 Å². The zero-order valence-electron chi connectivity index (χ0n) is 15.4. The molecule has 2 atom stereocenters. The molecule has 2 N–H and O–H groups in total. The van der Waals surface area contributed by atoms with Gasteiger partial charge >= 0.3 is 0 Å². The highest BCUT2D eigenvalue weighted by Gasteiger charge is 2.23. The van der Waals surface area contributed by atoms with Crippen LogP contribution in [0.3, 0.4) is 0 Å². The molecule has 2 aromatic carbocycles. The zero-order chi connectivity index (χ0) is 19.6. The van der Waals surface area contributed by atoms with Crippen molar-refractivity contribution in [1.82, 2.24) is 0 Å². The van der Waals surface area contributed by atoms with Gasteiger partial charge in [0.25, 0.3) is 0 Å². The van der Waals surface area contributed by atoms with Crippen LogP contribution < -0.4 is 20.1 Å². The molecule has 7 heteroatoms. The van der Waals surface area contributed by atoms with Gasteiger partial charge in [0.2, 0.25) is 5.91 Å². The summed E-state index contributed by atoms with van der Waals surface area (Å²) in [5.74, 6) is -0.610. The van der Waals surface area contributed by atoms with Gasteiger partial charge in [-0.05, 0) is 39.0 Å². The second-order valence-electron chi connectivity index (χ2n) is 6.50. The normalized spacial score (nSPS) is 16.3. The molecule has 0 bridgehead atoms. The lowest BCUT2D eigenvalue weighted by atomic mass is 10.1. The fourth-order valence-electron chi connectivity index (χ4n) is 2.96. The average molecular weight is 376 g/mol. The molecule has 0 spiro atoms. The van der Waals surface area contributed by atoms with Crippen LogP contribution in [0, 0.1) is 11.6 Å². The van der Waals surface area contributed by atoms with Crippen LogP contribution in [0.4, 0.5) is 20.2 Å². The molecule has 0 saturated heterocycles. The molecule has 0 unspecified atom stereocenters. The van der Waals surface area contributed by atoms with E-state index in [4.69, 9.17) is 9.47 Å². The van der Waals surface area contributed by atoms with Crippen LogP contribution in [0.2, 0.25) is 0 Å². The number of fused-ring (bicyclic) bond motifs is 1. The van der Waals surface area contributed by atoms with E-state index >= 15 is 0 Å². The summed E-state index contributed by atoms with van der Waals surface area (Å²) in [6.07, 6.45) is 0.891. The van der Waals surface area contributed by atoms with Gasteiger partial charge in [0.05, 0.1) is 18.0 Å². The highest BCUT2D eigenvalue weighted by atomic mass is 19.1. The van der Waals surface area contributed by atoms with E-state index < -0.39 is 23.6 Å². The highest BCUT2D eigenvalue weighted by molar-refractivity contribution is 5.96. The van der Waals surface area contributed by atoms with Gasteiger partial charge in [-0.15, -0.1) is 0 Å². The second-order valence-corrected chi connectivity index (χ2v) is 6.50. The van der Waals surface area contributed by atoms with Crippen LogP contribution in [0.1, 0.15) is 26.3 Å². The van der Waals surface area contributed by atoms with Crippen LogP contribution in [0.15, 0.2) is 30.3 Å². The summed E-state index contributed by atoms with van der Waals surface area (Å²) in [5, 5.41) is 5.53. The molecule has 1 amide bonds. The molecule has 0 radical (unpaired) electrons. The predicted molar refractivity (Wildman–Crippen MR) is 99.5 cm³/mol. The highest BCUT2D eigenvalue weighted by Crippen LogP contribution is 2.38. The van der Waals surface area contributed by atoms with Crippen LogP contribution in [-0.4, -0.2) is 24.7 Å². The van der Waals surface area contributed by atoms with Crippen molar-refractivity contribution in [2.75, 3.05) is 17.2 Å². The van der Waals surface area contributed by atoms with Crippen molar-refractivity contribution in [2.45, 2.75) is 39.3 Å². The Morgan fingerprint density at radius 1 is 1.30 bits per heavy atom. The van der Waals surface area contributed by atoms with Crippen molar-refractivity contribution in [2.24, 2.45) is 0 Å². The number of carbonyl (C=O) groups excluding carboxylic acids is 1. The lowest BCUT2D eigenvalue weighted by molar-refractivity contribution is -0.116. The number of anilines is 2. The van der Waals surface area contributed by atoms with Gasteiger partial charge in [0, 0.05) is 24.1 Å². The lowest BCUT2D eigenvalue weighted by Crippen LogP contribution is -2.32.